The van der Waals surface area contributed by atoms with Crippen LogP contribution in [0, 0.1) is 19.8 Å². The van der Waals surface area contributed by atoms with E-state index in [2.05, 4.69) is 61.2 Å². The van der Waals surface area contributed by atoms with Gasteiger partial charge in [-0.3, -0.25) is 9.59 Å². The van der Waals surface area contributed by atoms with Crippen molar-refractivity contribution in [1.29, 1.82) is 0 Å². The van der Waals surface area contributed by atoms with E-state index in [0.717, 1.165) is 76.4 Å². The maximum Gasteiger partial charge on any atom is 0.162 e. The van der Waals surface area contributed by atoms with E-state index in [-0.39, 0.29) is 5.78 Å². The van der Waals surface area contributed by atoms with Gasteiger partial charge in [0.15, 0.2) is 5.78 Å². The number of carbonyl (C=O) groups excluding carboxylic acids is 2. The van der Waals surface area contributed by atoms with Crippen LogP contribution in [0.3, 0.4) is 0 Å². The molecular weight excluding hydrogens is 406 g/mol. The van der Waals surface area contributed by atoms with E-state index in [1.807, 2.05) is 0 Å². The number of nitrogens with zero attached hydrogens (tertiary/aromatic N) is 1. The number of hydrogen-bond donors (Lipinski definition) is 0. The van der Waals surface area contributed by atoms with Gasteiger partial charge in [0.1, 0.15) is 5.78 Å². The van der Waals surface area contributed by atoms with Gasteiger partial charge in [-0.15, -0.1) is 0 Å². The van der Waals surface area contributed by atoms with Crippen molar-refractivity contribution in [3.8, 4) is 0 Å². The van der Waals surface area contributed by atoms with Crippen molar-refractivity contribution in [3.05, 3.63) is 64.7 Å². The highest BCUT2D eigenvalue weighted by molar-refractivity contribution is 5.96. The summed E-state index contributed by atoms with van der Waals surface area (Å²) in [5.41, 5.74) is 6.25. The molecule has 2 fully saturated rings. The predicted molar refractivity (Wildman–Crippen MR) is 136 cm³/mol. The zero-order valence-corrected chi connectivity index (χ0v) is 20.4. The summed E-state index contributed by atoms with van der Waals surface area (Å²) in [4.78, 5) is 27.0. The number of aryl methyl sites for hydroxylation is 2. The molecule has 33 heavy (non-hydrogen) atoms. The highest BCUT2D eigenvalue weighted by Gasteiger charge is 2.24. The second kappa shape index (κ2) is 11.1. The second-order valence-corrected chi connectivity index (χ2v) is 10.2. The van der Waals surface area contributed by atoms with Crippen LogP contribution in [0.5, 0.6) is 0 Å². The van der Waals surface area contributed by atoms with Crippen molar-refractivity contribution < 1.29 is 9.59 Å². The Hall–Kier alpha value is -2.42. The molecule has 1 unspecified atom stereocenters. The molecular formula is C30H39NO2. The van der Waals surface area contributed by atoms with E-state index in [1.54, 1.807) is 0 Å². The largest absolute Gasteiger partial charge is 0.371 e. The molecule has 2 aromatic rings. The number of hydrogen-bond acceptors (Lipinski definition) is 3. The first-order valence-electron chi connectivity index (χ1n) is 13.0. The molecule has 1 heterocycles. The van der Waals surface area contributed by atoms with Crippen molar-refractivity contribution in [3.63, 3.8) is 0 Å². The summed E-state index contributed by atoms with van der Waals surface area (Å²) in [5.74, 6) is 1.60. The lowest BCUT2D eigenvalue weighted by molar-refractivity contribution is -0.120. The first kappa shape index (κ1) is 23.7. The van der Waals surface area contributed by atoms with Crippen molar-refractivity contribution in [1.82, 2.24) is 0 Å². The molecule has 2 aromatic carbocycles. The Kier molecular flexibility index (Phi) is 8.01. The third kappa shape index (κ3) is 5.93. The van der Waals surface area contributed by atoms with E-state index < -0.39 is 0 Å². The second-order valence-electron chi connectivity index (χ2n) is 10.2. The van der Waals surface area contributed by atoms with Crippen LogP contribution in [0.4, 0.5) is 5.69 Å². The smallest absolute Gasteiger partial charge is 0.162 e. The monoisotopic (exact) mass is 445 g/mol. The average molecular weight is 446 g/mol. The minimum atomic E-state index is 0.260. The molecule has 1 aliphatic heterocycles. The van der Waals surface area contributed by atoms with Crippen molar-refractivity contribution in [2.75, 3.05) is 18.0 Å². The standard InChI is InChI=1S/C30H39NO2/c1-22-9-6-7-12-28(22)31-19-17-24(18-20-31)27-16-15-26(21-23(27)2)30(33)13-5-3-4-10-25-11-8-14-29(25)32/h6-7,9,12,15-16,21,24-25H,3-5,8,10-11,13-14,17-20H2,1-2H3. The number of rotatable bonds is 9. The van der Waals surface area contributed by atoms with Crippen LogP contribution in [0.25, 0.3) is 0 Å². The van der Waals surface area contributed by atoms with Crippen LogP contribution in [0.2, 0.25) is 0 Å². The molecule has 1 saturated heterocycles. The molecule has 0 spiro atoms. The van der Waals surface area contributed by atoms with Gasteiger partial charge in [0.25, 0.3) is 0 Å². The van der Waals surface area contributed by atoms with Crippen LogP contribution < -0.4 is 4.90 Å². The summed E-state index contributed by atoms with van der Waals surface area (Å²) in [6.07, 6.45) is 9.93. The Balaban J connectivity index is 1.24. The van der Waals surface area contributed by atoms with Gasteiger partial charge in [0.05, 0.1) is 0 Å². The molecule has 0 amide bonds. The van der Waals surface area contributed by atoms with Gasteiger partial charge in [-0.05, 0) is 87.1 Å². The number of benzene rings is 2. The molecule has 0 N–H and O–H groups in total. The Labute approximate surface area is 199 Å². The maximum absolute atomic E-state index is 12.7. The Morgan fingerprint density at radius 1 is 0.939 bits per heavy atom. The van der Waals surface area contributed by atoms with Gasteiger partial charge in [-0.25, -0.2) is 0 Å². The SMILES string of the molecule is Cc1cc(C(=O)CCCCCC2CCCC2=O)ccc1C1CCN(c2ccccc2C)CC1. The number of Topliss-reactive ketones (excluding diaryl/α,β-unsaturated/α-hetero) is 2. The summed E-state index contributed by atoms with van der Waals surface area (Å²) in [6, 6.07) is 15.0. The zero-order valence-electron chi connectivity index (χ0n) is 20.4. The van der Waals surface area contributed by atoms with Crippen molar-refractivity contribution in [2.45, 2.75) is 84.0 Å². The normalized spacial score (nSPS) is 19.3. The lowest BCUT2D eigenvalue weighted by Gasteiger charge is -2.35. The van der Waals surface area contributed by atoms with E-state index >= 15 is 0 Å². The summed E-state index contributed by atoms with van der Waals surface area (Å²) >= 11 is 0. The third-order valence-electron chi connectivity index (χ3n) is 7.87. The molecule has 0 radical (unpaired) electrons. The van der Waals surface area contributed by atoms with Gasteiger partial charge in [0, 0.05) is 43.1 Å². The van der Waals surface area contributed by atoms with Gasteiger partial charge in [-0.2, -0.15) is 0 Å². The topological polar surface area (TPSA) is 37.4 Å². The van der Waals surface area contributed by atoms with Gasteiger partial charge < -0.3 is 4.90 Å². The maximum atomic E-state index is 12.7. The number of para-hydroxylation sites is 1. The lowest BCUT2D eigenvalue weighted by atomic mass is 9.85. The Bertz CT molecular complexity index is 971. The summed E-state index contributed by atoms with van der Waals surface area (Å²) in [6.45, 7) is 6.53. The molecule has 0 aromatic heterocycles. The number of carbonyl (C=O) groups is 2. The summed E-state index contributed by atoms with van der Waals surface area (Å²) in [7, 11) is 0. The Morgan fingerprint density at radius 2 is 1.73 bits per heavy atom. The van der Waals surface area contributed by atoms with Crippen LogP contribution in [0.15, 0.2) is 42.5 Å². The molecule has 1 aliphatic carbocycles. The molecule has 3 heteroatoms. The van der Waals surface area contributed by atoms with Gasteiger partial charge in [-0.1, -0.05) is 43.2 Å². The van der Waals surface area contributed by atoms with E-state index in [0.29, 0.717) is 24.0 Å². The molecule has 2 aliphatic rings. The van der Waals surface area contributed by atoms with Crippen LogP contribution >= 0.6 is 0 Å². The van der Waals surface area contributed by atoms with Crippen molar-refractivity contribution in [2.24, 2.45) is 5.92 Å². The predicted octanol–water partition coefficient (Wildman–Crippen LogP) is 7.19. The molecule has 1 atom stereocenters. The minimum absolute atomic E-state index is 0.260. The first-order valence-corrected chi connectivity index (χ1v) is 13.0. The fourth-order valence-corrected chi connectivity index (χ4v) is 5.85. The van der Waals surface area contributed by atoms with Crippen LogP contribution in [0.1, 0.15) is 97.2 Å². The zero-order chi connectivity index (χ0) is 23.2. The van der Waals surface area contributed by atoms with Gasteiger partial charge >= 0.3 is 0 Å². The van der Waals surface area contributed by atoms with E-state index in [1.165, 1.54) is 22.4 Å². The highest BCUT2D eigenvalue weighted by Crippen LogP contribution is 2.33. The molecule has 1 saturated carbocycles. The first-order chi connectivity index (χ1) is 16.0. The molecule has 0 bridgehead atoms. The molecule has 176 valence electrons. The summed E-state index contributed by atoms with van der Waals surface area (Å²) < 4.78 is 0. The minimum Gasteiger partial charge on any atom is -0.371 e. The van der Waals surface area contributed by atoms with Crippen molar-refractivity contribution >= 4 is 17.3 Å². The fourth-order valence-electron chi connectivity index (χ4n) is 5.85. The summed E-state index contributed by atoms with van der Waals surface area (Å²) in [5, 5.41) is 0. The third-order valence-corrected chi connectivity index (χ3v) is 7.87. The lowest BCUT2D eigenvalue weighted by Crippen LogP contribution is -2.33. The van der Waals surface area contributed by atoms with Gasteiger partial charge in [0.2, 0.25) is 0 Å². The number of unbranched alkanes of at least 4 members (excludes halogenated alkanes) is 2. The number of ketones is 2. The number of anilines is 1. The van der Waals surface area contributed by atoms with Crippen LogP contribution in [-0.2, 0) is 4.79 Å². The number of piperidine rings is 1. The van der Waals surface area contributed by atoms with E-state index in [4.69, 9.17) is 0 Å². The molecule has 4 rings (SSSR count). The average Bonchev–Trinajstić information content (AvgIpc) is 3.24. The fraction of sp³-hybridized carbons (Fsp3) is 0.533. The quantitative estimate of drug-likeness (QED) is 0.303. The Morgan fingerprint density at radius 3 is 2.42 bits per heavy atom. The van der Waals surface area contributed by atoms with Crippen LogP contribution in [-0.4, -0.2) is 24.7 Å². The van der Waals surface area contributed by atoms with E-state index in [9.17, 15) is 9.59 Å². The molecule has 3 nitrogen and oxygen atoms in total. The highest BCUT2D eigenvalue weighted by atomic mass is 16.1.